The van der Waals surface area contributed by atoms with Gasteiger partial charge in [0, 0.05) is 0 Å². The van der Waals surface area contributed by atoms with Crippen molar-refractivity contribution < 1.29 is 27.8 Å². The number of rotatable bonds is 7. The maximum Gasteiger partial charge on any atom is 0.387 e. The Morgan fingerprint density at radius 3 is 2.73 bits per heavy atom. The van der Waals surface area contributed by atoms with Gasteiger partial charge in [-0.05, 0) is 23.8 Å². The molecular weight excluding hydrogens is 296 g/mol. The second-order valence-corrected chi connectivity index (χ2v) is 3.85. The third kappa shape index (κ3) is 4.90. The standard InChI is InChI=1S/C15H13F2NO4/c1-3-6-21-14(19)11(9-18)7-10-4-5-12(20-2)13(8-10)22-15(16)17/h3-5,7-8,15H,1,6H2,2H3. The number of carbonyl (C=O) groups is 1. The molecule has 0 unspecified atom stereocenters. The van der Waals surface area contributed by atoms with E-state index in [9.17, 15) is 13.6 Å². The van der Waals surface area contributed by atoms with E-state index in [4.69, 9.17) is 14.7 Å². The fourth-order valence-corrected chi connectivity index (χ4v) is 1.49. The minimum absolute atomic E-state index is 0.0415. The molecule has 0 heterocycles. The summed E-state index contributed by atoms with van der Waals surface area (Å²) in [5.74, 6) is -0.942. The summed E-state index contributed by atoms with van der Waals surface area (Å²) in [4.78, 5) is 11.6. The van der Waals surface area contributed by atoms with Crippen molar-refractivity contribution in [1.29, 1.82) is 5.26 Å². The smallest absolute Gasteiger partial charge is 0.387 e. The lowest BCUT2D eigenvalue weighted by atomic mass is 10.1. The third-order valence-electron chi connectivity index (χ3n) is 2.39. The maximum absolute atomic E-state index is 12.3. The Labute approximate surface area is 126 Å². The van der Waals surface area contributed by atoms with Crippen LogP contribution in [0.2, 0.25) is 0 Å². The highest BCUT2D eigenvalue weighted by atomic mass is 19.3. The molecule has 0 radical (unpaired) electrons. The Hall–Kier alpha value is -2.88. The van der Waals surface area contributed by atoms with Gasteiger partial charge in [-0.3, -0.25) is 0 Å². The summed E-state index contributed by atoms with van der Waals surface area (Å²) in [6.07, 6.45) is 2.55. The van der Waals surface area contributed by atoms with E-state index in [0.717, 1.165) is 0 Å². The van der Waals surface area contributed by atoms with Gasteiger partial charge in [0.1, 0.15) is 18.2 Å². The van der Waals surface area contributed by atoms with E-state index >= 15 is 0 Å². The number of benzene rings is 1. The molecule has 0 aromatic heterocycles. The average Bonchev–Trinajstić information content (AvgIpc) is 2.49. The Balaban J connectivity index is 3.09. The van der Waals surface area contributed by atoms with Crippen molar-refractivity contribution in [3.63, 3.8) is 0 Å². The van der Waals surface area contributed by atoms with Crippen molar-refractivity contribution in [2.24, 2.45) is 0 Å². The number of esters is 1. The van der Waals surface area contributed by atoms with Crippen LogP contribution in [-0.4, -0.2) is 26.3 Å². The monoisotopic (exact) mass is 309 g/mol. The van der Waals surface area contributed by atoms with Crippen molar-refractivity contribution in [1.82, 2.24) is 0 Å². The molecule has 5 nitrogen and oxygen atoms in total. The molecule has 0 fully saturated rings. The largest absolute Gasteiger partial charge is 0.493 e. The lowest BCUT2D eigenvalue weighted by Crippen LogP contribution is -2.07. The Bertz CT molecular complexity index is 620. The fraction of sp³-hybridized carbons (Fsp3) is 0.200. The van der Waals surface area contributed by atoms with Crippen molar-refractivity contribution >= 4 is 12.0 Å². The molecule has 0 atom stereocenters. The van der Waals surface area contributed by atoms with Crippen LogP contribution in [0.25, 0.3) is 6.08 Å². The Morgan fingerprint density at radius 1 is 1.45 bits per heavy atom. The van der Waals surface area contributed by atoms with Gasteiger partial charge in [0.2, 0.25) is 0 Å². The average molecular weight is 309 g/mol. The van der Waals surface area contributed by atoms with E-state index in [1.165, 1.54) is 37.5 Å². The summed E-state index contributed by atoms with van der Waals surface area (Å²) in [5.41, 5.74) is 0.0265. The molecule has 0 aliphatic carbocycles. The highest BCUT2D eigenvalue weighted by Crippen LogP contribution is 2.30. The zero-order chi connectivity index (χ0) is 16.5. The van der Waals surface area contributed by atoms with Crippen LogP contribution in [0.1, 0.15) is 5.56 Å². The molecular formula is C15H13F2NO4. The van der Waals surface area contributed by atoms with E-state index in [0.29, 0.717) is 5.56 Å². The Morgan fingerprint density at radius 2 is 2.18 bits per heavy atom. The van der Waals surface area contributed by atoms with Crippen molar-refractivity contribution in [3.05, 3.63) is 42.0 Å². The van der Waals surface area contributed by atoms with Crippen LogP contribution in [-0.2, 0) is 9.53 Å². The molecule has 7 heteroatoms. The van der Waals surface area contributed by atoms with Gasteiger partial charge in [-0.1, -0.05) is 18.7 Å². The minimum Gasteiger partial charge on any atom is -0.493 e. The number of nitrogens with zero attached hydrogens (tertiary/aromatic N) is 1. The second kappa shape index (κ2) is 8.42. The molecule has 22 heavy (non-hydrogen) atoms. The predicted molar refractivity (Wildman–Crippen MR) is 74.4 cm³/mol. The second-order valence-electron chi connectivity index (χ2n) is 3.85. The molecule has 0 saturated carbocycles. The van der Waals surface area contributed by atoms with Gasteiger partial charge in [-0.2, -0.15) is 14.0 Å². The molecule has 0 N–H and O–H groups in total. The number of alkyl halides is 2. The van der Waals surface area contributed by atoms with E-state index in [2.05, 4.69) is 11.3 Å². The van der Waals surface area contributed by atoms with E-state index in [1.54, 1.807) is 6.07 Å². The molecule has 0 spiro atoms. The number of methoxy groups -OCH3 is 1. The van der Waals surface area contributed by atoms with Crippen LogP contribution in [0.4, 0.5) is 8.78 Å². The molecule has 1 rings (SSSR count). The molecule has 1 aromatic carbocycles. The predicted octanol–water partition coefficient (Wildman–Crippen LogP) is 2.93. The fourth-order valence-electron chi connectivity index (χ4n) is 1.49. The quantitative estimate of drug-likeness (QED) is 0.335. The minimum atomic E-state index is -3.03. The van der Waals surface area contributed by atoms with Crippen molar-refractivity contribution in [2.45, 2.75) is 6.61 Å². The van der Waals surface area contributed by atoms with E-state index in [1.807, 2.05) is 0 Å². The maximum atomic E-state index is 12.3. The van der Waals surface area contributed by atoms with Gasteiger partial charge in [0.15, 0.2) is 11.5 Å². The van der Waals surface area contributed by atoms with Gasteiger partial charge in [0.05, 0.1) is 7.11 Å². The number of ether oxygens (including phenoxy) is 3. The molecule has 0 aliphatic rings. The number of halogens is 2. The molecule has 0 bridgehead atoms. The molecule has 116 valence electrons. The number of hydrogen-bond donors (Lipinski definition) is 0. The lowest BCUT2D eigenvalue weighted by molar-refractivity contribution is -0.137. The number of hydrogen-bond acceptors (Lipinski definition) is 5. The molecule has 0 saturated heterocycles. The first kappa shape index (κ1) is 17.2. The van der Waals surface area contributed by atoms with Crippen LogP contribution < -0.4 is 9.47 Å². The summed E-state index contributed by atoms with van der Waals surface area (Å²) in [6.45, 7) is 0.311. The summed E-state index contributed by atoms with van der Waals surface area (Å²) >= 11 is 0. The van der Waals surface area contributed by atoms with Crippen LogP contribution in [0.15, 0.2) is 36.4 Å². The van der Waals surface area contributed by atoms with Gasteiger partial charge in [-0.25, -0.2) is 4.79 Å². The topological polar surface area (TPSA) is 68.6 Å². The van der Waals surface area contributed by atoms with Crippen molar-refractivity contribution in [3.8, 4) is 17.6 Å². The lowest BCUT2D eigenvalue weighted by Gasteiger charge is -2.10. The third-order valence-corrected chi connectivity index (χ3v) is 2.39. The number of nitriles is 1. The first-order valence-corrected chi connectivity index (χ1v) is 6.04. The van der Waals surface area contributed by atoms with Gasteiger partial charge < -0.3 is 14.2 Å². The van der Waals surface area contributed by atoms with Gasteiger partial charge >= 0.3 is 12.6 Å². The highest BCUT2D eigenvalue weighted by molar-refractivity contribution is 5.98. The zero-order valence-electron chi connectivity index (χ0n) is 11.7. The van der Waals surface area contributed by atoms with Crippen LogP contribution in [0.3, 0.4) is 0 Å². The van der Waals surface area contributed by atoms with E-state index in [-0.39, 0.29) is 23.7 Å². The summed E-state index contributed by atoms with van der Waals surface area (Å²) in [7, 11) is 1.30. The van der Waals surface area contributed by atoms with E-state index < -0.39 is 12.6 Å². The Kier molecular flexibility index (Phi) is 6.57. The van der Waals surface area contributed by atoms with Gasteiger partial charge in [0.25, 0.3) is 0 Å². The first-order chi connectivity index (χ1) is 10.5. The molecule has 0 aliphatic heterocycles. The number of carbonyl (C=O) groups excluding carboxylic acids is 1. The normalized spacial score (nSPS) is 10.8. The molecule has 1 aromatic rings. The molecule has 0 amide bonds. The zero-order valence-corrected chi connectivity index (χ0v) is 11.7. The SMILES string of the molecule is C=CCOC(=O)C(C#N)=Cc1ccc(OC)c(OC(F)F)c1. The highest BCUT2D eigenvalue weighted by Gasteiger charge is 2.13. The summed E-state index contributed by atoms with van der Waals surface area (Å²) < 4.78 is 38.6. The van der Waals surface area contributed by atoms with Crippen molar-refractivity contribution in [2.75, 3.05) is 13.7 Å². The summed E-state index contributed by atoms with van der Waals surface area (Å²) in [6, 6.07) is 5.77. The van der Waals surface area contributed by atoms with Crippen LogP contribution >= 0.6 is 0 Å². The summed E-state index contributed by atoms with van der Waals surface area (Å²) in [5, 5.41) is 8.95. The van der Waals surface area contributed by atoms with Gasteiger partial charge in [-0.15, -0.1) is 0 Å². The van der Waals surface area contributed by atoms with Crippen LogP contribution in [0, 0.1) is 11.3 Å². The first-order valence-electron chi connectivity index (χ1n) is 6.04. The van der Waals surface area contributed by atoms with Crippen LogP contribution in [0.5, 0.6) is 11.5 Å².